The number of rotatable bonds is 4. The van der Waals surface area contributed by atoms with Gasteiger partial charge in [0.15, 0.2) is 5.82 Å². The van der Waals surface area contributed by atoms with Crippen molar-refractivity contribution in [3.8, 4) is 22.5 Å². The molecule has 130 valence electrons. The van der Waals surface area contributed by atoms with Crippen molar-refractivity contribution in [2.24, 2.45) is 0 Å². The highest BCUT2D eigenvalue weighted by atomic mass is 15.5. The van der Waals surface area contributed by atoms with Crippen LogP contribution >= 0.6 is 0 Å². The number of para-hydroxylation sites is 2. The number of benzene rings is 3. The Bertz CT molecular complexity index is 1190. The number of nitrogens with zero attached hydrogens (tertiary/aromatic N) is 5. The van der Waals surface area contributed by atoms with Gasteiger partial charge >= 0.3 is 0 Å². The van der Waals surface area contributed by atoms with Crippen LogP contribution in [-0.2, 0) is 6.54 Å². The SMILES string of the molecule is c1ccc(-c2nnn[nH]2)c(-c2ccc(Cn3cnc4ccccc43)cc2)c1. The molecule has 0 aliphatic heterocycles. The molecule has 27 heavy (non-hydrogen) atoms. The normalized spacial score (nSPS) is 11.1. The standard InChI is InChI=1S/C21H16N6/c1-2-6-18(21-23-25-26-24-21)17(5-1)16-11-9-15(10-12-16)13-27-14-22-19-7-3-4-8-20(19)27/h1-12,14H,13H2,(H,23,24,25,26). The van der Waals surface area contributed by atoms with E-state index in [0.29, 0.717) is 5.82 Å². The van der Waals surface area contributed by atoms with Crippen LogP contribution in [0.25, 0.3) is 33.5 Å². The lowest BCUT2D eigenvalue weighted by molar-refractivity contribution is 0.825. The number of aromatic nitrogens is 6. The van der Waals surface area contributed by atoms with Gasteiger partial charge in [-0.3, -0.25) is 0 Å². The summed E-state index contributed by atoms with van der Waals surface area (Å²) in [5, 5.41) is 14.3. The molecule has 6 nitrogen and oxygen atoms in total. The highest BCUT2D eigenvalue weighted by molar-refractivity contribution is 5.80. The number of imidazole rings is 1. The molecule has 0 saturated carbocycles. The van der Waals surface area contributed by atoms with Crippen LogP contribution in [0, 0.1) is 0 Å². The van der Waals surface area contributed by atoms with Gasteiger partial charge in [0.05, 0.1) is 17.4 Å². The van der Waals surface area contributed by atoms with Gasteiger partial charge in [-0.05, 0) is 39.2 Å². The summed E-state index contributed by atoms with van der Waals surface area (Å²) in [7, 11) is 0. The van der Waals surface area contributed by atoms with Crippen LogP contribution < -0.4 is 0 Å². The fraction of sp³-hybridized carbons (Fsp3) is 0.0476. The van der Waals surface area contributed by atoms with Crippen molar-refractivity contribution in [1.82, 2.24) is 30.2 Å². The van der Waals surface area contributed by atoms with Gasteiger partial charge in [-0.2, -0.15) is 0 Å². The molecule has 5 rings (SSSR count). The maximum absolute atomic E-state index is 4.46. The Hall–Kier alpha value is -3.80. The van der Waals surface area contributed by atoms with E-state index in [0.717, 1.165) is 34.3 Å². The first kappa shape index (κ1) is 15.5. The molecule has 0 fully saturated rings. The molecule has 3 aromatic carbocycles. The largest absolute Gasteiger partial charge is 0.326 e. The van der Waals surface area contributed by atoms with Gasteiger partial charge in [-0.15, -0.1) is 5.10 Å². The van der Waals surface area contributed by atoms with E-state index in [1.807, 2.05) is 42.7 Å². The lowest BCUT2D eigenvalue weighted by atomic mass is 9.98. The minimum absolute atomic E-state index is 0.666. The molecule has 0 aliphatic rings. The van der Waals surface area contributed by atoms with Gasteiger partial charge in [0, 0.05) is 12.1 Å². The Morgan fingerprint density at radius 2 is 1.59 bits per heavy atom. The Morgan fingerprint density at radius 1 is 0.815 bits per heavy atom. The monoisotopic (exact) mass is 352 g/mol. The van der Waals surface area contributed by atoms with Crippen molar-refractivity contribution in [3.05, 3.63) is 84.7 Å². The summed E-state index contributed by atoms with van der Waals surface area (Å²) >= 11 is 0. The number of hydrogen-bond acceptors (Lipinski definition) is 4. The second-order valence-electron chi connectivity index (χ2n) is 6.35. The minimum Gasteiger partial charge on any atom is -0.326 e. The third kappa shape index (κ3) is 2.87. The molecule has 0 radical (unpaired) electrons. The molecule has 0 unspecified atom stereocenters. The van der Waals surface area contributed by atoms with Crippen molar-refractivity contribution >= 4 is 11.0 Å². The quantitative estimate of drug-likeness (QED) is 0.532. The zero-order chi connectivity index (χ0) is 18.1. The zero-order valence-corrected chi connectivity index (χ0v) is 14.4. The summed E-state index contributed by atoms with van der Waals surface area (Å²) in [6, 6.07) is 24.9. The molecular weight excluding hydrogens is 336 g/mol. The van der Waals surface area contributed by atoms with Crippen molar-refractivity contribution in [2.75, 3.05) is 0 Å². The summed E-state index contributed by atoms with van der Waals surface area (Å²) in [5.41, 5.74) is 6.59. The molecule has 0 aliphatic carbocycles. The van der Waals surface area contributed by atoms with Crippen molar-refractivity contribution in [3.63, 3.8) is 0 Å². The Kier molecular flexibility index (Phi) is 3.72. The van der Waals surface area contributed by atoms with E-state index in [1.165, 1.54) is 5.56 Å². The molecule has 0 atom stereocenters. The van der Waals surface area contributed by atoms with Gasteiger partial charge in [0.2, 0.25) is 0 Å². The summed E-state index contributed by atoms with van der Waals surface area (Å²) < 4.78 is 2.17. The van der Waals surface area contributed by atoms with Crippen LogP contribution in [0.2, 0.25) is 0 Å². The van der Waals surface area contributed by atoms with Crippen molar-refractivity contribution in [2.45, 2.75) is 6.54 Å². The molecule has 5 aromatic rings. The van der Waals surface area contributed by atoms with Crippen LogP contribution in [0.3, 0.4) is 0 Å². The second kappa shape index (κ2) is 6.49. The number of fused-ring (bicyclic) bond motifs is 1. The fourth-order valence-electron chi connectivity index (χ4n) is 3.34. The highest BCUT2D eigenvalue weighted by Gasteiger charge is 2.10. The molecule has 1 N–H and O–H groups in total. The summed E-state index contributed by atoms with van der Waals surface area (Å²) in [4.78, 5) is 4.46. The number of nitrogens with one attached hydrogen (secondary N) is 1. The number of hydrogen-bond donors (Lipinski definition) is 1. The smallest absolute Gasteiger partial charge is 0.180 e. The second-order valence-corrected chi connectivity index (χ2v) is 6.35. The average molecular weight is 352 g/mol. The van der Waals surface area contributed by atoms with Gasteiger partial charge in [-0.25, -0.2) is 10.1 Å². The molecule has 2 aromatic heterocycles. The molecule has 0 saturated heterocycles. The van der Waals surface area contributed by atoms with Crippen LogP contribution in [0.1, 0.15) is 5.56 Å². The number of aromatic amines is 1. The van der Waals surface area contributed by atoms with Crippen LogP contribution in [0.4, 0.5) is 0 Å². The lowest BCUT2D eigenvalue weighted by Crippen LogP contribution is -1.97. The van der Waals surface area contributed by atoms with Crippen molar-refractivity contribution in [1.29, 1.82) is 0 Å². The first-order chi connectivity index (χ1) is 13.4. The molecule has 0 bridgehead atoms. The summed E-state index contributed by atoms with van der Waals surface area (Å²) in [5.74, 6) is 0.666. The zero-order valence-electron chi connectivity index (χ0n) is 14.4. The van der Waals surface area contributed by atoms with Crippen LogP contribution in [0.15, 0.2) is 79.1 Å². The van der Waals surface area contributed by atoms with Crippen LogP contribution in [0.5, 0.6) is 0 Å². The van der Waals surface area contributed by atoms with E-state index in [9.17, 15) is 0 Å². The van der Waals surface area contributed by atoms with Crippen LogP contribution in [-0.4, -0.2) is 30.2 Å². The predicted molar refractivity (Wildman–Crippen MR) is 104 cm³/mol. The average Bonchev–Trinajstić information content (AvgIpc) is 3.39. The van der Waals surface area contributed by atoms with Gasteiger partial charge in [0.25, 0.3) is 0 Å². The van der Waals surface area contributed by atoms with E-state index in [4.69, 9.17) is 0 Å². The molecule has 0 spiro atoms. The Balaban J connectivity index is 1.46. The molecular formula is C21H16N6. The van der Waals surface area contributed by atoms with E-state index >= 15 is 0 Å². The highest BCUT2D eigenvalue weighted by Crippen LogP contribution is 2.29. The number of tetrazole rings is 1. The van der Waals surface area contributed by atoms with Gasteiger partial charge in [-0.1, -0.05) is 60.7 Å². The third-order valence-corrected chi connectivity index (χ3v) is 4.67. The third-order valence-electron chi connectivity index (χ3n) is 4.67. The molecule has 0 amide bonds. The van der Waals surface area contributed by atoms with E-state index in [-0.39, 0.29) is 0 Å². The summed E-state index contributed by atoms with van der Waals surface area (Å²) in [6.45, 7) is 0.786. The van der Waals surface area contributed by atoms with Gasteiger partial charge in [0.1, 0.15) is 0 Å². The molecule has 2 heterocycles. The van der Waals surface area contributed by atoms with E-state index in [1.54, 1.807) is 0 Å². The fourth-order valence-corrected chi connectivity index (χ4v) is 3.34. The van der Waals surface area contributed by atoms with Crippen molar-refractivity contribution < 1.29 is 0 Å². The number of H-pyrrole nitrogens is 1. The van der Waals surface area contributed by atoms with E-state index < -0.39 is 0 Å². The first-order valence-corrected chi connectivity index (χ1v) is 8.71. The summed E-state index contributed by atoms with van der Waals surface area (Å²) in [6.07, 6.45) is 1.89. The Morgan fingerprint density at radius 3 is 2.41 bits per heavy atom. The topological polar surface area (TPSA) is 72.3 Å². The Labute approximate surface area is 155 Å². The first-order valence-electron chi connectivity index (χ1n) is 8.71. The molecule has 6 heteroatoms. The van der Waals surface area contributed by atoms with Gasteiger partial charge < -0.3 is 4.57 Å². The maximum Gasteiger partial charge on any atom is 0.180 e. The predicted octanol–water partition coefficient (Wildman–Crippen LogP) is 3.93. The minimum atomic E-state index is 0.666. The van der Waals surface area contributed by atoms with E-state index in [2.05, 4.69) is 66.6 Å². The maximum atomic E-state index is 4.46. The lowest BCUT2D eigenvalue weighted by Gasteiger charge is -2.09.